The van der Waals surface area contributed by atoms with Crippen molar-refractivity contribution in [2.45, 2.75) is 97.4 Å². The van der Waals surface area contributed by atoms with Crippen LogP contribution in [0.1, 0.15) is 96.5 Å². The first-order chi connectivity index (χ1) is 14.5. The van der Waals surface area contributed by atoms with Crippen LogP contribution in [0, 0.1) is 0 Å². The van der Waals surface area contributed by atoms with E-state index in [2.05, 4.69) is 33.3 Å². The molecule has 0 saturated carbocycles. The van der Waals surface area contributed by atoms with Gasteiger partial charge in [0.15, 0.2) is 0 Å². The number of hydrogen-bond acceptors (Lipinski definition) is 1. The number of rotatable bonds is 17. The monoisotopic (exact) mass is 415 g/mol. The predicted octanol–water partition coefficient (Wildman–Crippen LogP) is 6.98. The van der Waals surface area contributed by atoms with Crippen LogP contribution >= 0.6 is 0 Å². The molecule has 1 rings (SSSR count). The van der Waals surface area contributed by atoms with Gasteiger partial charge >= 0.3 is 0 Å². The van der Waals surface area contributed by atoms with E-state index in [-0.39, 0.29) is 5.91 Å². The number of carbonyl (C=O) groups excluding carboxylic acids is 1. The van der Waals surface area contributed by atoms with E-state index in [4.69, 9.17) is 0 Å². The standard InChI is InChI=1S/C27H46N2O/c1-5-6-7-8-9-10-11-12-13-14-15-19-22-29(3,4)25(2)23-27(30)28-24-26-20-17-16-18-21-26/h16-18,20-21,23H,5-15,19,22,24H2,1-4H3/p+1/b25-23+. The highest BCUT2D eigenvalue weighted by atomic mass is 16.1. The van der Waals surface area contributed by atoms with Gasteiger partial charge in [-0.3, -0.25) is 9.28 Å². The first-order valence-corrected chi connectivity index (χ1v) is 12.3. The molecule has 0 atom stereocenters. The Hall–Kier alpha value is -1.61. The summed E-state index contributed by atoms with van der Waals surface area (Å²) in [6.07, 6.45) is 18.3. The molecule has 1 aromatic carbocycles. The maximum absolute atomic E-state index is 12.3. The zero-order valence-corrected chi connectivity index (χ0v) is 20.2. The number of unbranched alkanes of at least 4 members (excludes halogenated alkanes) is 11. The minimum absolute atomic E-state index is 0.00255. The second-order valence-electron chi connectivity index (χ2n) is 9.29. The van der Waals surface area contributed by atoms with Crippen molar-refractivity contribution in [3.8, 4) is 0 Å². The van der Waals surface area contributed by atoms with Gasteiger partial charge in [-0.2, -0.15) is 0 Å². The van der Waals surface area contributed by atoms with E-state index < -0.39 is 0 Å². The lowest BCUT2D eigenvalue weighted by atomic mass is 10.1. The third-order valence-corrected chi connectivity index (χ3v) is 6.18. The molecular weight excluding hydrogens is 368 g/mol. The molecule has 0 bridgehead atoms. The molecule has 0 aromatic heterocycles. The van der Waals surface area contributed by atoms with Gasteiger partial charge in [0, 0.05) is 13.5 Å². The van der Waals surface area contributed by atoms with E-state index in [1.54, 1.807) is 6.08 Å². The van der Waals surface area contributed by atoms with E-state index in [1.807, 2.05) is 30.3 Å². The molecule has 1 aromatic rings. The van der Waals surface area contributed by atoms with Crippen molar-refractivity contribution < 1.29 is 9.28 Å². The number of benzene rings is 1. The fraction of sp³-hybridized carbons (Fsp3) is 0.667. The zero-order chi connectivity index (χ0) is 22.1. The number of amides is 1. The van der Waals surface area contributed by atoms with Crippen LogP contribution in [0.5, 0.6) is 0 Å². The van der Waals surface area contributed by atoms with Crippen molar-refractivity contribution in [3.63, 3.8) is 0 Å². The van der Waals surface area contributed by atoms with Crippen LogP contribution in [-0.2, 0) is 11.3 Å². The molecule has 0 saturated heterocycles. The Bertz CT molecular complexity index is 592. The number of nitrogens with one attached hydrogen (secondary N) is 1. The maximum atomic E-state index is 12.3. The Labute approximate surface area is 186 Å². The molecule has 0 unspecified atom stereocenters. The van der Waals surface area contributed by atoms with E-state index in [1.165, 1.54) is 77.0 Å². The van der Waals surface area contributed by atoms with Crippen LogP contribution in [0.4, 0.5) is 0 Å². The van der Waals surface area contributed by atoms with Crippen LogP contribution < -0.4 is 5.32 Å². The molecular formula is C27H47N2O+. The van der Waals surface area contributed by atoms with Gasteiger partial charge in [0.1, 0.15) is 5.70 Å². The highest BCUT2D eigenvalue weighted by molar-refractivity contribution is 5.87. The zero-order valence-electron chi connectivity index (χ0n) is 20.2. The van der Waals surface area contributed by atoms with Crippen molar-refractivity contribution in [3.05, 3.63) is 47.7 Å². The lowest BCUT2D eigenvalue weighted by Crippen LogP contribution is -2.39. The van der Waals surface area contributed by atoms with Crippen molar-refractivity contribution in [1.29, 1.82) is 0 Å². The average Bonchev–Trinajstić information content (AvgIpc) is 2.73. The number of quaternary nitrogens is 1. The molecule has 0 aliphatic carbocycles. The summed E-state index contributed by atoms with van der Waals surface area (Å²) in [4.78, 5) is 12.3. The molecule has 0 aliphatic rings. The third-order valence-electron chi connectivity index (χ3n) is 6.18. The molecule has 3 heteroatoms. The summed E-state index contributed by atoms with van der Waals surface area (Å²) in [6.45, 7) is 6.02. The molecule has 170 valence electrons. The third kappa shape index (κ3) is 12.8. The summed E-state index contributed by atoms with van der Waals surface area (Å²) in [5.41, 5.74) is 2.24. The molecule has 30 heavy (non-hydrogen) atoms. The first-order valence-electron chi connectivity index (χ1n) is 12.3. The lowest BCUT2D eigenvalue weighted by Gasteiger charge is -2.30. The van der Waals surface area contributed by atoms with E-state index in [0.29, 0.717) is 6.54 Å². The quantitative estimate of drug-likeness (QED) is 0.166. The highest BCUT2D eigenvalue weighted by Gasteiger charge is 2.18. The number of nitrogens with zero attached hydrogens (tertiary/aromatic N) is 1. The Morgan fingerprint density at radius 3 is 1.87 bits per heavy atom. The SMILES string of the molecule is CCCCCCCCCCCCCC[N+](C)(C)/C(C)=C/C(=O)NCc1ccccc1. The molecule has 0 spiro atoms. The van der Waals surface area contributed by atoms with Gasteiger partial charge in [0.2, 0.25) is 5.91 Å². The Morgan fingerprint density at radius 1 is 0.833 bits per heavy atom. The number of hydrogen-bond donors (Lipinski definition) is 1. The molecule has 0 radical (unpaired) electrons. The van der Waals surface area contributed by atoms with Gasteiger partial charge in [-0.1, -0.05) is 101 Å². The Balaban J connectivity index is 2.12. The van der Waals surface area contributed by atoms with Crippen molar-refractivity contribution in [2.75, 3.05) is 20.6 Å². The van der Waals surface area contributed by atoms with E-state index >= 15 is 0 Å². The minimum Gasteiger partial charge on any atom is -0.348 e. The minimum atomic E-state index is -0.00255. The molecule has 0 heterocycles. The lowest BCUT2D eigenvalue weighted by molar-refractivity contribution is -0.852. The summed E-state index contributed by atoms with van der Waals surface area (Å²) < 4.78 is 0.788. The van der Waals surface area contributed by atoms with Crippen LogP contribution in [-0.4, -0.2) is 31.0 Å². The van der Waals surface area contributed by atoms with Crippen LogP contribution in [0.3, 0.4) is 0 Å². The number of allylic oxidation sites excluding steroid dienone is 1. The first kappa shape index (κ1) is 26.4. The molecule has 0 fully saturated rings. The van der Waals surface area contributed by atoms with Gasteiger partial charge in [0.25, 0.3) is 0 Å². The predicted molar refractivity (Wildman–Crippen MR) is 130 cm³/mol. The van der Waals surface area contributed by atoms with Gasteiger partial charge in [-0.05, 0) is 18.4 Å². The Morgan fingerprint density at radius 2 is 1.33 bits per heavy atom. The molecule has 0 aliphatic heterocycles. The maximum Gasteiger partial charge on any atom is 0.249 e. The van der Waals surface area contributed by atoms with Gasteiger partial charge in [-0.25, -0.2) is 0 Å². The van der Waals surface area contributed by atoms with Gasteiger partial charge in [-0.15, -0.1) is 0 Å². The summed E-state index contributed by atoms with van der Waals surface area (Å²) in [7, 11) is 4.41. The Kier molecular flexibility index (Phi) is 14.2. The van der Waals surface area contributed by atoms with E-state index in [0.717, 1.165) is 22.3 Å². The van der Waals surface area contributed by atoms with Crippen LogP contribution in [0.15, 0.2) is 42.1 Å². The van der Waals surface area contributed by atoms with Crippen molar-refractivity contribution >= 4 is 5.91 Å². The smallest absolute Gasteiger partial charge is 0.249 e. The normalized spacial score (nSPS) is 12.2. The second-order valence-corrected chi connectivity index (χ2v) is 9.29. The van der Waals surface area contributed by atoms with Gasteiger partial charge in [0.05, 0.1) is 26.7 Å². The number of carbonyl (C=O) groups is 1. The van der Waals surface area contributed by atoms with Gasteiger partial charge < -0.3 is 5.32 Å². The summed E-state index contributed by atoms with van der Waals surface area (Å²) >= 11 is 0. The summed E-state index contributed by atoms with van der Waals surface area (Å²) in [5.74, 6) is -0.00255. The van der Waals surface area contributed by atoms with Crippen LogP contribution in [0.2, 0.25) is 0 Å². The van der Waals surface area contributed by atoms with Crippen molar-refractivity contribution in [2.24, 2.45) is 0 Å². The summed E-state index contributed by atoms with van der Waals surface area (Å²) in [5, 5.41) is 2.99. The fourth-order valence-corrected chi connectivity index (χ4v) is 3.72. The van der Waals surface area contributed by atoms with E-state index in [9.17, 15) is 4.79 Å². The topological polar surface area (TPSA) is 29.1 Å². The van der Waals surface area contributed by atoms with Crippen molar-refractivity contribution in [1.82, 2.24) is 5.32 Å². The summed E-state index contributed by atoms with van der Waals surface area (Å²) in [6, 6.07) is 10.0. The highest BCUT2D eigenvalue weighted by Crippen LogP contribution is 2.15. The fourth-order valence-electron chi connectivity index (χ4n) is 3.72. The second kappa shape index (κ2) is 16.1. The molecule has 1 N–H and O–H groups in total. The molecule has 3 nitrogen and oxygen atoms in total. The average molecular weight is 416 g/mol. The van der Waals surface area contributed by atoms with Crippen LogP contribution in [0.25, 0.3) is 0 Å². The molecule has 1 amide bonds. The largest absolute Gasteiger partial charge is 0.348 e.